The van der Waals surface area contributed by atoms with E-state index in [1.807, 2.05) is 0 Å². The molecule has 0 spiro atoms. The third kappa shape index (κ3) is 6.50. The summed E-state index contributed by atoms with van der Waals surface area (Å²) in [5.41, 5.74) is -0.711. The molecule has 176 valence electrons. The predicted molar refractivity (Wildman–Crippen MR) is 110 cm³/mol. The molecular weight excluding hydrogens is 475 g/mol. The van der Waals surface area contributed by atoms with E-state index < -0.39 is 38.7 Å². The van der Waals surface area contributed by atoms with Gasteiger partial charge in [0.25, 0.3) is 0 Å². The highest BCUT2D eigenvalue weighted by Gasteiger charge is 2.33. The van der Waals surface area contributed by atoms with Gasteiger partial charge < -0.3 is 14.2 Å². The zero-order valence-electron chi connectivity index (χ0n) is 17.3. The SMILES string of the molecule is CCOC(=O)COc1ccc([C@@H](C)NS(=O)(=O)c2cc(C(F)(F)F)ccc2Cl)cc1OC. The van der Waals surface area contributed by atoms with Crippen molar-refractivity contribution < 1.29 is 40.6 Å². The predicted octanol–water partition coefficient (Wildman–Crippen LogP) is 4.35. The van der Waals surface area contributed by atoms with Gasteiger partial charge in [0.1, 0.15) is 4.90 Å². The molecule has 1 N–H and O–H groups in total. The van der Waals surface area contributed by atoms with Crippen molar-refractivity contribution in [2.24, 2.45) is 0 Å². The molecular formula is C20H21ClF3NO6S. The molecule has 0 fully saturated rings. The summed E-state index contributed by atoms with van der Waals surface area (Å²) < 4.78 is 82.0. The zero-order chi connectivity index (χ0) is 24.1. The average molecular weight is 496 g/mol. The molecule has 2 rings (SSSR count). The first-order valence-corrected chi connectivity index (χ1v) is 11.1. The van der Waals surface area contributed by atoms with Crippen molar-refractivity contribution in [3.8, 4) is 11.5 Å². The van der Waals surface area contributed by atoms with Gasteiger partial charge in [-0.1, -0.05) is 17.7 Å². The number of methoxy groups -OCH3 is 1. The van der Waals surface area contributed by atoms with Gasteiger partial charge in [-0.25, -0.2) is 17.9 Å². The number of nitrogens with one attached hydrogen (secondary N) is 1. The van der Waals surface area contributed by atoms with Gasteiger partial charge in [0.05, 0.1) is 24.3 Å². The Bertz CT molecular complexity index is 1080. The highest BCUT2D eigenvalue weighted by molar-refractivity contribution is 7.89. The van der Waals surface area contributed by atoms with Crippen LogP contribution in [0.1, 0.15) is 31.0 Å². The van der Waals surface area contributed by atoms with Crippen LogP contribution in [0.5, 0.6) is 11.5 Å². The van der Waals surface area contributed by atoms with Crippen molar-refractivity contribution in [3.63, 3.8) is 0 Å². The molecule has 0 heterocycles. The maximum Gasteiger partial charge on any atom is 0.416 e. The van der Waals surface area contributed by atoms with Gasteiger partial charge in [-0.15, -0.1) is 0 Å². The lowest BCUT2D eigenvalue weighted by Gasteiger charge is -2.18. The second-order valence-corrected chi connectivity index (χ2v) is 8.58. The number of carbonyl (C=O) groups is 1. The Kier molecular flexibility index (Phi) is 8.38. The molecule has 0 aliphatic carbocycles. The van der Waals surface area contributed by atoms with Crippen LogP contribution in [0.2, 0.25) is 5.02 Å². The quantitative estimate of drug-likeness (QED) is 0.520. The van der Waals surface area contributed by atoms with Gasteiger partial charge in [-0.05, 0) is 49.7 Å². The van der Waals surface area contributed by atoms with Gasteiger partial charge in [0.15, 0.2) is 18.1 Å². The highest BCUT2D eigenvalue weighted by Crippen LogP contribution is 2.34. The van der Waals surface area contributed by atoms with Crippen LogP contribution in [-0.2, 0) is 25.7 Å². The topological polar surface area (TPSA) is 90.9 Å². The Morgan fingerprint density at radius 1 is 1.16 bits per heavy atom. The molecule has 0 aromatic heterocycles. The van der Waals surface area contributed by atoms with Crippen LogP contribution < -0.4 is 14.2 Å². The first kappa shape index (κ1) is 25.8. The summed E-state index contributed by atoms with van der Waals surface area (Å²) in [5.74, 6) is -0.132. The third-order valence-electron chi connectivity index (χ3n) is 4.22. The lowest BCUT2D eigenvalue weighted by Crippen LogP contribution is -2.27. The molecule has 2 aromatic rings. The normalized spacial score (nSPS) is 12.8. The Morgan fingerprint density at radius 3 is 2.44 bits per heavy atom. The number of hydrogen-bond acceptors (Lipinski definition) is 6. The monoisotopic (exact) mass is 495 g/mol. The third-order valence-corrected chi connectivity index (χ3v) is 6.24. The standard InChI is InChI=1S/C20H21ClF3NO6S/c1-4-30-19(26)11-31-16-8-5-13(9-17(16)29-3)12(2)25-32(27,28)18-10-14(20(22,23)24)6-7-15(18)21/h5-10,12,25H,4,11H2,1-3H3/t12-/m1/s1. The largest absolute Gasteiger partial charge is 0.493 e. The molecule has 0 saturated heterocycles. The van der Waals surface area contributed by atoms with E-state index in [9.17, 15) is 26.4 Å². The number of alkyl halides is 3. The van der Waals surface area contributed by atoms with Crippen LogP contribution >= 0.6 is 11.6 Å². The molecule has 0 radical (unpaired) electrons. The minimum absolute atomic E-state index is 0.200. The molecule has 0 unspecified atom stereocenters. The maximum absolute atomic E-state index is 13.0. The maximum atomic E-state index is 13.0. The smallest absolute Gasteiger partial charge is 0.416 e. The summed E-state index contributed by atoms with van der Waals surface area (Å²) in [6, 6.07) is 5.65. The molecule has 0 aliphatic rings. The van der Waals surface area contributed by atoms with Crippen LogP contribution in [-0.4, -0.2) is 34.7 Å². The van der Waals surface area contributed by atoms with Crippen molar-refractivity contribution in [2.45, 2.75) is 31.0 Å². The fourth-order valence-corrected chi connectivity index (χ4v) is 4.42. The minimum Gasteiger partial charge on any atom is -0.493 e. The Morgan fingerprint density at radius 2 is 1.84 bits per heavy atom. The van der Waals surface area contributed by atoms with E-state index in [0.29, 0.717) is 17.7 Å². The van der Waals surface area contributed by atoms with Crippen LogP contribution in [0.15, 0.2) is 41.3 Å². The van der Waals surface area contributed by atoms with E-state index in [4.69, 9.17) is 25.8 Å². The number of benzene rings is 2. The average Bonchev–Trinajstić information content (AvgIpc) is 2.71. The second kappa shape index (κ2) is 10.4. The fraction of sp³-hybridized carbons (Fsp3) is 0.350. The second-order valence-electron chi connectivity index (χ2n) is 6.49. The lowest BCUT2D eigenvalue weighted by atomic mass is 10.1. The molecule has 32 heavy (non-hydrogen) atoms. The molecule has 7 nitrogen and oxygen atoms in total. The molecule has 0 saturated carbocycles. The Hall–Kier alpha value is -2.50. The van der Waals surface area contributed by atoms with Gasteiger partial charge in [0.2, 0.25) is 10.0 Å². The molecule has 0 bridgehead atoms. The number of sulfonamides is 1. The number of carbonyl (C=O) groups excluding carboxylic acids is 1. The van der Waals surface area contributed by atoms with Crippen LogP contribution in [0.25, 0.3) is 0 Å². The molecule has 12 heteroatoms. The summed E-state index contributed by atoms with van der Waals surface area (Å²) in [4.78, 5) is 10.8. The van der Waals surface area contributed by atoms with E-state index in [1.165, 1.54) is 32.2 Å². The van der Waals surface area contributed by atoms with E-state index in [2.05, 4.69) is 4.72 Å². The van der Waals surface area contributed by atoms with Gasteiger partial charge in [0, 0.05) is 6.04 Å². The summed E-state index contributed by atoms with van der Waals surface area (Å²) in [7, 11) is -3.04. The zero-order valence-corrected chi connectivity index (χ0v) is 18.9. The highest BCUT2D eigenvalue weighted by atomic mass is 35.5. The molecule has 2 aromatic carbocycles. The summed E-state index contributed by atoms with van der Waals surface area (Å²) >= 11 is 5.85. The van der Waals surface area contributed by atoms with Crippen molar-refractivity contribution in [2.75, 3.05) is 20.3 Å². The lowest BCUT2D eigenvalue weighted by molar-refractivity contribution is -0.145. The summed E-state index contributed by atoms with van der Waals surface area (Å²) in [5, 5.41) is -0.349. The minimum atomic E-state index is -4.73. The molecule has 0 amide bonds. The number of rotatable bonds is 9. The number of esters is 1. The summed E-state index contributed by atoms with van der Waals surface area (Å²) in [6.07, 6.45) is -4.73. The van der Waals surface area contributed by atoms with Crippen molar-refractivity contribution in [3.05, 3.63) is 52.5 Å². The Labute approximate surface area is 188 Å². The molecule has 1 atom stereocenters. The van der Waals surface area contributed by atoms with Crippen molar-refractivity contribution in [1.29, 1.82) is 0 Å². The molecule has 0 aliphatic heterocycles. The van der Waals surface area contributed by atoms with Crippen LogP contribution in [0.3, 0.4) is 0 Å². The first-order chi connectivity index (χ1) is 14.9. The number of halogens is 4. The van der Waals surface area contributed by atoms with E-state index in [0.717, 1.165) is 6.07 Å². The van der Waals surface area contributed by atoms with E-state index in [-0.39, 0.29) is 29.7 Å². The van der Waals surface area contributed by atoms with E-state index in [1.54, 1.807) is 6.92 Å². The van der Waals surface area contributed by atoms with Gasteiger partial charge in [-0.3, -0.25) is 0 Å². The van der Waals surface area contributed by atoms with E-state index >= 15 is 0 Å². The summed E-state index contributed by atoms with van der Waals surface area (Å²) in [6.45, 7) is 3.00. The van der Waals surface area contributed by atoms with Crippen molar-refractivity contribution in [1.82, 2.24) is 4.72 Å². The number of hydrogen-bond donors (Lipinski definition) is 1. The fourth-order valence-electron chi connectivity index (χ4n) is 2.66. The van der Waals surface area contributed by atoms with Gasteiger partial charge in [-0.2, -0.15) is 13.2 Å². The van der Waals surface area contributed by atoms with Crippen LogP contribution in [0, 0.1) is 0 Å². The number of ether oxygens (including phenoxy) is 3. The first-order valence-electron chi connectivity index (χ1n) is 9.24. The Balaban J connectivity index is 2.25. The van der Waals surface area contributed by atoms with Crippen molar-refractivity contribution >= 4 is 27.6 Å². The van der Waals surface area contributed by atoms with Gasteiger partial charge >= 0.3 is 12.1 Å². The van der Waals surface area contributed by atoms with Crippen LogP contribution in [0.4, 0.5) is 13.2 Å².